The van der Waals surface area contributed by atoms with Crippen LogP contribution in [0.1, 0.15) is 129 Å². The topological polar surface area (TPSA) is 71.1 Å². The Morgan fingerprint density at radius 3 is 1.11 bits per heavy atom. The summed E-state index contributed by atoms with van der Waals surface area (Å²) < 4.78 is 23.4. The van der Waals surface area contributed by atoms with E-state index in [2.05, 4.69) is 62.4 Å². The maximum Gasteiger partial charge on any atom is 0.305 e. The highest BCUT2D eigenvalue weighted by atomic mass is 16.5. The Labute approximate surface area is 277 Å². The van der Waals surface area contributed by atoms with Crippen LogP contribution in [0.15, 0.2) is 48.5 Å². The number of unbranched alkanes of at least 4 members (excludes halogenated alkanes) is 12. The van der Waals surface area contributed by atoms with Gasteiger partial charge in [-0.2, -0.15) is 0 Å². The van der Waals surface area contributed by atoms with Crippen molar-refractivity contribution in [3.63, 3.8) is 0 Å². The molecule has 0 amide bonds. The summed E-state index contributed by atoms with van der Waals surface area (Å²) in [5, 5.41) is 4.37. The van der Waals surface area contributed by atoms with Crippen LogP contribution in [-0.4, -0.2) is 38.4 Å². The summed E-state index contributed by atoms with van der Waals surface area (Å²) in [6.07, 6.45) is 17.8. The summed E-state index contributed by atoms with van der Waals surface area (Å²) in [6, 6.07) is 16.8. The second-order valence-corrected chi connectivity index (χ2v) is 12.3. The third-order valence-corrected chi connectivity index (χ3v) is 8.40. The van der Waals surface area contributed by atoms with Gasteiger partial charge in [-0.25, -0.2) is 0 Å². The van der Waals surface area contributed by atoms with Crippen LogP contribution in [-0.2, 0) is 19.1 Å². The van der Waals surface area contributed by atoms with Crippen LogP contribution < -0.4 is 9.47 Å². The second kappa shape index (κ2) is 23.1. The largest absolute Gasteiger partial charge is 0.492 e. The molecule has 0 atom stereocenters. The van der Waals surface area contributed by atoms with Crippen LogP contribution in [0.2, 0.25) is 0 Å². The molecule has 254 valence electrons. The second-order valence-electron chi connectivity index (χ2n) is 12.3. The highest BCUT2D eigenvalue weighted by molar-refractivity contribution is 6.11. The zero-order chi connectivity index (χ0) is 32.7. The normalized spacial score (nSPS) is 11.2. The Balaban J connectivity index is 1.40. The van der Waals surface area contributed by atoms with Crippen LogP contribution in [0, 0.1) is 0 Å². The summed E-state index contributed by atoms with van der Waals surface area (Å²) in [7, 11) is 0. The van der Waals surface area contributed by atoms with E-state index in [1.54, 1.807) is 0 Å². The Kier molecular flexibility index (Phi) is 18.7. The van der Waals surface area contributed by atoms with Gasteiger partial charge in [0.1, 0.15) is 11.5 Å². The van der Waals surface area contributed by atoms with Crippen molar-refractivity contribution >= 4 is 33.5 Å². The molecule has 6 heteroatoms. The summed E-state index contributed by atoms with van der Waals surface area (Å²) in [5.41, 5.74) is 0. The fourth-order valence-corrected chi connectivity index (χ4v) is 5.67. The van der Waals surface area contributed by atoms with Crippen LogP contribution >= 0.6 is 0 Å². The lowest BCUT2D eigenvalue weighted by molar-refractivity contribution is -0.144. The van der Waals surface area contributed by atoms with Gasteiger partial charge >= 0.3 is 11.9 Å². The molecule has 0 aliphatic heterocycles. The molecule has 0 radical (unpaired) electrons. The Hall–Kier alpha value is -3.28. The maximum absolute atomic E-state index is 11.7. The van der Waals surface area contributed by atoms with E-state index < -0.39 is 0 Å². The first-order valence-electron chi connectivity index (χ1n) is 18.2. The third kappa shape index (κ3) is 13.6. The Bertz CT molecular complexity index is 1130. The average molecular weight is 635 g/mol. The lowest BCUT2D eigenvalue weighted by Crippen LogP contribution is -2.05. The zero-order valence-electron chi connectivity index (χ0n) is 28.6. The van der Waals surface area contributed by atoms with E-state index in [1.807, 2.05) is 0 Å². The molecule has 0 aromatic heterocycles. The van der Waals surface area contributed by atoms with Gasteiger partial charge in [0.05, 0.1) is 26.4 Å². The van der Waals surface area contributed by atoms with Gasteiger partial charge in [-0.1, -0.05) is 127 Å². The first-order valence-corrected chi connectivity index (χ1v) is 18.2. The van der Waals surface area contributed by atoms with Crippen molar-refractivity contribution in [2.45, 2.75) is 129 Å². The number of hydrogen-bond acceptors (Lipinski definition) is 6. The minimum Gasteiger partial charge on any atom is -0.492 e. The predicted octanol–water partition coefficient (Wildman–Crippen LogP) is 10.9. The number of benzene rings is 3. The molecule has 3 aromatic rings. The Morgan fingerprint density at radius 1 is 0.435 bits per heavy atom. The molecule has 0 heterocycles. The van der Waals surface area contributed by atoms with E-state index in [4.69, 9.17) is 18.9 Å². The fraction of sp³-hybridized carbons (Fsp3) is 0.600. The van der Waals surface area contributed by atoms with Crippen molar-refractivity contribution in [3.05, 3.63) is 48.5 Å². The molecule has 0 saturated heterocycles. The molecule has 46 heavy (non-hydrogen) atoms. The average Bonchev–Trinajstić information content (AvgIpc) is 3.07. The third-order valence-electron chi connectivity index (χ3n) is 8.40. The van der Waals surface area contributed by atoms with Crippen LogP contribution in [0.3, 0.4) is 0 Å². The monoisotopic (exact) mass is 634 g/mol. The number of carbonyl (C=O) groups is 2. The Morgan fingerprint density at radius 2 is 0.761 bits per heavy atom. The van der Waals surface area contributed by atoms with Crippen molar-refractivity contribution in [3.8, 4) is 11.5 Å². The number of carbonyl (C=O) groups excluding carboxylic acids is 2. The molecule has 3 rings (SSSR count). The molecule has 0 unspecified atom stereocenters. The SMILES string of the molecule is CCCCOC(=O)CCCCCCCCOc1c2ccccc2c(OCCCCCCCCC(=O)OCCCC)c2ccccc12. The van der Waals surface area contributed by atoms with Crippen molar-refractivity contribution < 1.29 is 28.5 Å². The number of fused-ring (bicyclic) bond motifs is 2. The molecule has 0 spiro atoms. The predicted molar refractivity (Wildman–Crippen MR) is 189 cm³/mol. The first kappa shape index (κ1) is 37.2. The van der Waals surface area contributed by atoms with Crippen molar-refractivity contribution in [1.29, 1.82) is 0 Å². The summed E-state index contributed by atoms with van der Waals surface area (Å²) in [4.78, 5) is 23.5. The van der Waals surface area contributed by atoms with E-state index in [0.29, 0.717) is 39.3 Å². The van der Waals surface area contributed by atoms with E-state index in [9.17, 15) is 9.59 Å². The van der Waals surface area contributed by atoms with Crippen molar-refractivity contribution in [1.82, 2.24) is 0 Å². The zero-order valence-corrected chi connectivity index (χ0v) is 28.6. The summed E-state index contributed by atoms with van der Waals surface area (Å²) >= 11 is 0. The lowest BCUT2D eigenvalue weighted by atomic mass is 10.0. The standard InChI is InChI=1S/C40H58O6/c1-3-5-29-43-37(41)27-15-11-7-9-13-21-31-45-39-33-23-17-19-25-35(33)40(36-26-20-18-24-34(36)39)46-32-22-14-10-8-12-16-28-38(42)44-30-6-4-2/h17-20,23-26H,3-16,21-22,27-32H2,1-2H3. The highest BCUT2D eigenvalue weighted by Crippen LogP contribution is 2.42. The van der Waals surface area contributed by atoms with Gasteiger partial charge in [0.2, 0.25) is 0 Å². The van der Waals surface area contributed by atoms with E-state index >= 15 is 0 Å². The highest BCUT2D eigenvalue weighted by Gasteiger charge is 2.16. The molecule has 0 bridgehead atoms. The maximum atomic E-state index is 11.7. The summed E-state index contributed by atoms with van der Waals surface area (Å²) in [5.74, 6) is 1.77. The van der Waals surface area contributed by atoms with Gasteiger partial charge in [-0.3, -0.25) is 9.59 Å². The number of hydrogen-bond donors (Lipinski definition) is 0. The molecular formula is C40H58O6. The van der Waals surface area contributed by atoms with Crippen LogP contribution in [0.5, 0.6) is 11.5 Å². The van der Waals surface area contributed by atoms with Crippen molar-refractivity contribution in [2.75, 3.05) is 26.4 Å². The van der Waals surface area contributed by atoms with Gasteiger partial charge in [0, 0.05) is 34.4 Å². The quantitative estimate of drug-likeness (QED) is 0.0497. The van der Waals surface area contributed by atoms with E-state index in [-0.39, 0.29) is 11.9 Å². The van der Waals surface area contributed by atoms with Gasteiger partial charge in [-0.05, 0) is 38.5 Å². The molecular weight excluding hydrogens is 576 g/mol. The molecule has 0 saturated carbocycles. The molecule has 0 N–H and O–H groups in total. The minimum absolute atomic E-state index is 0.0564. The fourth-order valence-electron chi connectivity index (χ4n) is 5.67. The number of ether oxygens (including phenoxy) is 4. The molecule has 6 nitrogen and oxygen atoms in total. The van der Waals surface area contributed by atoms with E-state index in [0.717, 1.165) is 136 Å². The smallest absolute Gasteiger partial charge is 0.305 e. The van der Waals surface area contributed by atoms with Gasteiger partial charge in [-0.15, -0.1) is 0 Å². The molecule has 3 aromatic carbocycles. The first-order chi connectivity index (χ1) is 22.7. The molecule has 0 fully saturated rings. The summed E-state index contributed by atoms with van der Waals surface area (Å²) in [6.45, 7) is 6.66. The van der Waals surface area contributed by atoms with Crippen LogP contribution in [0.25, 0.3) is 21.5 Å². The van der Waals surface area contributed by atoms with Crippen molar-refractivity contribution in [2.24, 2.45) is 0 Å². The van der Waals surface area contributed by atoms with Gasteiger partial charge < -0.3 is 18.9 Å². The minimum atomic E-state index is -0.0564. The number of rotatable bonds is 26. The van der Waals surface area contributed by atoms with Gasteiger partial charge in [0.15, 0.2) is 0 Å². The molecule has 0 aliphatic rings. The lowest BCUT2D eigenvalue weighted by Gasteiger charge is -2.18. The molecule has 0 aliphatic carbocycles. The van der Waals surface area contributed by atoms with Gasteiger partial charge in [0.25, 0.3) is 0 Å². The number of esters is 2. The van der Waals surface area contributed by atoms with Crippen LogP contribution in [0.4, 0.5) is 0 Å². The van der Waals surface area contributed by atoms with E-state index in [1.165, 1.54) is 0 Å².